The summed E-state index contributed by atoms with van der Waals surface area (Å²) < 4.78 is 2.14. The molecule has 0 bridgehead atoms. The first-order chi connectivity index (χ1) is 12.3. The van der Waals surface area contributed by atoms with Crippen molar-refractivity contribution in [2.45, 2.75) is 18.9 Å². The number of likely N-dealkylation sites (tertiary alicyclic amines) is 1. The molecule has 0 spiro atoms. The van der Waals surface area contributed by atoms with Crippen molar-refractivity contribution in [3.63, 3.8) is 0 Å². The molecule has 0 radical (unpaired) electrons. The first kappa shape index (κ1) is 15.6. The van der Waals surface area contributed by atoms with E-state index in [9.17, 15) is 4.79 Å². The van der Waals surface area contributed by atoms with E-state index in [1.165, 1.54) is 0 Å². The molecule has 1 saturated heterocycles. The van der Waals surface area contributed by atoms with Gasteiger partial charge in [-0.2, -0.15) is 0 Å². The van der Waals surface area contributed by atoms with Crippen molar-refractivity contribution in [2.24, 2.45) is 0 Å². The second-order valence-electron chi connectivity index (χ2n) is 6.32. The number of aromatic nitrogens is 3. The predicted molar refractivity (Wildman–Crippen MR) is 97.9 cm³/mol. The molecule has 3 aromatic rings. The molecule has 1 fully saturated rings. The Balaban J connectivity index is 1.43. The molecule has 0 unspecified atom stereocenters. The Morgan fingerprint density at radius 3 is 2.76 bits per heavy atom. The van der Waals surface area contributed by atoms with Crippen LogP contribution in [0.1, 0.15) is 24.4 Å². The molecule has 2 aromatic heterocycles. The van der Waals surface area contributed by atoms with Crippen LogP contribution in [-0.4, -0.2) is 38.4 Å². The first-order valence-corrected chi connectivity index (χ1v) is 8.59. The summed E-state index contributed by atoms with van der Waals surface area (Å²) in [5.74, 6) is 0.0741. The lowest BCUT2D eigenvalue weighted by Crippen LogP contribution is -2.37. The van der Waals surface area contributed by atoms with Gasteiger partial charge in [0.25, 0.3) is 0 Å². The molecule has 5 nitrogen and oxygen atoms in total. The smallest absolute Gasteiger partial charge is 0.246 e. The molecule has 1 aliphatic heterocycles. The molecule has 1 amide bonds. The number of piperidine rings is 1. The molecule has 0 aliphatic carbocycles. The van der Waals surface area contributed by atoms with E-state index in [1.807, 2.05) is 53.8 Å². The average Bonchev–Trinajstić information content (AvgIpc) is 3.21. The molecule has 126 valence electrons. The minimum atomic E-state index is 0.0741. The highest BCUT2D eigenvalue weighted by Gasteiger charge is 2.22. The van der Waals surface area contributed by atoms with Crippen molar-refractivity contribution < 1.29 is 4.79 Å². The molecule has 0 N–H and O–H groups in total. The van der Waals surface area contributed by atoms with Crippen molar-refractivity contribution >= 4 is 22.9 Å². The third kappa shape index (κ3) is 3.31. The van der Waals surface area contributed by atoms with E-state index in [0.717, 1.165) is 42.4 Å². The topological polar surface area (TPSA) is 51.0 Å². The summed E-state index contributed by atoms with van der Waals surface area (Å²) >= 11 is 0. The van der Waals surface area contributed by atoms with E-state index in [0.29, 0.717) is 6.04 Å². The summed E-state index contributed by atoms with van der Waals surface area (Å²) in [5.41, 5.74) is 1.96. The van der Waals surface area contributed by atoms with Gasteiger partial charge in [0.05, 0.1) is 11.8 Å². The fourth-order valence-corrected chi connectivity index (χ4v) is 3.40. The van der Waals surface area contributed by atoms with Gasteiger partial charge in [0.15, 0.2) is 0 Å². The van der Waals surface area contributed by atoms with Gasteiger partial charge in [-0.25, -0.2) is 4.98 Å². The van der Waals surface area contributed by atoms with Gasteiger partial charge in [-0.3, -0.25) is 9.78 Å². The number of carbonyl (C=O) groups is 1. The number of nitrogens with zero attached hydrogens (tertiary/aromatic N) is 4. The Morgan fingerprint density at radius 1 is 1.12 bits per heavy atom. The van der Waals surface area contributed by atoms with Crippen LogP contribution in [0.2, 0.25) is 0 Å². The molecule has 1 aromatic carbocycles. The van der Waals surface area contributed by atoms with Gasteiger partial charge >= 0.3 is 0 Å². The number of benzene rings is 1. The quantitative estimate of drug-likeness (QED) is 0.692. The lowest BCUT2D eigenvalue weighted by molar-refractivity contribution is -0.127. The zero-order valence-electron chi connectivity index (χ0n) is 14.0. The van der Waals surface area contributed by atoms with Gasteiger partial charge in [0, 0.05) is 49.2 Å². The maximum atomic E-state index is 12.5. The molecule has 5 heteroatoms. The van der Waals surface area contributed by atoms with Gasteiger partial charge in [0.2, 0.25) is 5.91 Å². The minimum Gasteiger partial charge on any atom is -0.339 e. The second kappa shape index (κ2) is 6.89. The number of hydrogen-bond donors (Lipinski definition) is 0. The molecule has 0 atom stereocenters. The molecule has 0 saturated carbocycles. The Labute approximate surface area is 146 Å². The summed E-state index contributed by atoms with van der Waals surface area (Å²) in [6.45, 7) is 1.56. The highest BCUT2D eigenvalue weighted by Crippen LogP contribution is 2.22. The number of amides is 1. The van der Waals surface area contributed by atoms with Crippen LogP contribution >= 0.6 is 0 Å². The van der Waals surface area contributed by atoms with Crippen LogP contribution < -0.4 is 0 Å². The Kier molecular flexibility index (Phi) is 4.29. The lowest BCUT2D eigenvalue weighted by atomic mass is 10.0. The van der Waals surface area contributed by atoms with Gasteiger partial charge < -0.3 is 9.47 Å². The highest BCUT2D eigenvalue weighted by atomic mass is 16.2. The maximum Gasteiger partial charge on any atom is 0.246 e. The van der Waals surface area contributed by atoms with E-state index in [-0.39, 0.29) is 5.91 Å². The van der Waals surface area contributed by atoms with Crippen LogP contribution in [0.4, 0.5) is 0 Å². The normalized spacial score (nSPS) is 15.9. The molecule has 3 heterocycles. The summed E-state index contributed by atoms with van der Waals surface area (Å²) in [6.07, 6.45) is 12.9. The van der Waals surface area contributed by atoms with Crippen LogP contribution in [0.5, 0.6) is 0 Å². The van der Waals surface area contributed by atoms with E-state index < -0.39 is 0 Å². The Bertz CT molecular complexity index is 888. The zero-order valence-corrected chi connectivity index (χ0v) is 14.0. The number of pyridine rings is 1. The average molecular weight is 332 g/mol. The van der Waals surface area contributed by atoms with E-state index >= 15 is 0 Å². The Hall–Kier alpha value is -2.95. The number of rotatable bonds is 3. The van der Waals surface area contributed by atoms with E-state index in [4.69, 9.17) is 0 Å². The SMILES string of the molecule is O=C(/C=C/c1ccnc2ccccc12)N1CCC(n2ccnc2)CC1. The van der Waals surface area contributed by atoms with Crippen LogP contribution in [0.3, 0.4) is 0 Å². The minimum absolute atomic E-state index is 0.0741. The van der Waals surface area contributed by atoms with Gasteiger partial charge in [-0.05, 0) is 36.6 Å². The fraction of sp³-hybridized carbons (Fsp3) is 0.250. The van der Waals surface area contributed by atoms with Crippen LogP contribution in [-0.2, 0) is 4.79 Å². The molecular weight excluding hydrogens is 312 g/mol. The zero-order chi connectivity index (χ0) is 17.1. The second-order valence-corrected chi connectivity index (χ2v) is 6.32. The van der Waals surface area contributed by atoms with Gasteiger partial charge in [0.1, 0.15) is 0 Å². The van der Waals surface area contributed by atoms with Crippen molar-refractivity contribution in [1.29, 1.82) is 0 Å². The van der Waals surface area contributed by atoms with E-state index in [2.05, 4.69) is 14.5 Å². The van der Waals surface area contributed by atoms with Crippen molar-refractivity contribution in [3.05, 3.63) is 66.9 Å². The fourth-order valence-electron chi connectivity index (χ4n) is 3.40. The molecular formula is C20H20N4O. The van der Waals surface area contributed by atoms with Crippen molar-refractivity contribution in [1.82, 2.24) is 19.4 Å². The number of hydrogen-bond acceptors (Lipinski definition) is 3. The number of imidazole rings is 1. The third-order valence-electron chi connectivity index (χ3n) is 4.81. The number of fused-ring (bicyclic) bond motifs is 1. The standard InChI is InChI=1S/C20H20N4O/c25-20(23-12-8-17(9-13-23)24-14-11-21-15-24)6-5-16-7-10-22-19-4-2-1-3-18(16)19/h1-7,10-11,14-15,17H,8-9,12-13H2/b6-5+. The van der Waals surface area contributed by atoms with Crippen molar-refractivity contribution in [3.8, 4) is 0 Å². The number of carbonyl (C=O) groups excluding carboxylic acids is 1. The van der Waals surface area contributed by atoms with Crippen molar-refractivity contribution in [2.75, 3.05) is 13.1 Å². The highest BCUT2D eigenvalue weighted by molar-refractivity contribution is 5.95. The Morgan fingerprint density at radius 2 is 1.96 bits per heavy atom. The molecule has 25 heavy (non-hydrogen) atoms. The van der Waals surface area contributed by atoms with E-state index in [1.54, 1.807) is 18.5 Å². The summed E-state index contributed by atoms with van der Waals surface area (Å²) in [7, 11) is 0. The third-order valence-corrected chi connectivity index (χ3v) is 4.81. The summed E-state index contributed by atoms with van der Waals surface area (Å²) in [4.78, 5) is 22.9. The van der Waals surface area contributed by atoms with Crippen LogP contribution in [0.25, 0.3) is 17.0 Å². The molecule has 1 aliphatic rings. The number of para-hydroxylation sites is 1. The predicted octanol–water partition coefficient (Wildman–Crippen LogP) is 3.31. The largest absolute Gasteiger partial charge is 0.339 e. The monoisotopic (exact) mass is 332 g/mol. The summed E-state index contributed by atoms with van der Waals surface area (Å²) in [5, 5.41) is 1.06. The first-order valence-electron chi connectivity index (χ1n) is 8.59. The van der Waals surface area contributed by atoms with Crippen LogP contribution in [0, 0.1) is 0 Å². The van der Waals surface area contributed by atoms with Crippen LogP contribution in [0.15, 0.2) is 61.3 Å². The summed E-state index contributed by atoms with van der Waals surface area (Å²) in [6, 6.07) is 10.4. The van der Waals surface area contributed by atoms with Gasteiger partial charge in [-0.15, -0.1) is 0 Å². The molecule has 4 rings (SSSR count). The maximum absolute atomic E-state index is 12.5. The van der Waals surface area contributed by atoms with Gasteiger partial charge in [-0.1, -0.05) is 18.2 Å². The lowest BCUT2D eigenvalue weighted by Gasteiger charge is -2.31.